The number of carbonyl (C=O) groups is 1. The van der Waals surface area contributed by atoms with Gasteiger partial charge in [0, 0.05) is 5.25 Å². The molecule has 0 aliphatic carbocycles. The summed E-state index contributed by atoms with van der Waals surface area (Å²) in [5.74, 6) is -0.794. The van der Waals surface area contributed by atoms with E-state index in [1.807, 2.05) is 54.6 Å². The first-order chi connectivity index (χ1) is 10.2. The molecule has 1 heterocycles. The smallest absolute Gasteiger partial charge is 0.304 e. The van der Waals surface area contributed by atoms with Gasteiger partial charge in [-0.05, 0) is 17.7 Å². The molecule has 1 N–H and O–H groups in total. The summed E-state index contributed by atoms with van der Waals surface area (Å²) in [6.07, 6.45) is 0.0879. The molecule has 0 spiro atoms. The largest absolute Gasteiger partial charge is 0.481 e. The number of hydrogen-bond donors (Lipinski definition) is 1. The number of carboxylic acid groups (broad SMARTS) is 1. The summed E-state index contributed by atoms with van der Waals surface area (Å²) in [4.78, 5) is 15.7. The molecular formula is C16H13NO2S2. The van der Waals surface area contributed by atoms with Gasteiger partial charge in [-0.3, -0.25) is 4.79 Å². The Morgan fingerprint density at radius 2 is 1.86 bits per heavy atom. The Labute approximate surface area is 130 Å². The summed E-state index contributed by atoms with van der Waals surface area (Å²) in [6, 6.07) is 17.7. The molecule has 3 aromatic rings. The molecule has 106 valence electrons. The summed E-state index contributed by atoms with van der Waals surface area (Å²) in [5.41, 5.74) is 1.98. The minimum atomic E-state index is -0.794. The zero-order valence-electron chi connectivity index (χ0n) is 11.1. The van der Waals surface area contributed by atoms with E-state index in [9.17, 15) is 4.79 Å². The van der Waals surface area contributed by atoms with Crippen molar-refractivity contribution in [1.29, 1.82) is 0 Å². The number of aliphatic carboxylic acids is 1. The van der Waals surface area contributed by atoms with Gasteiger partial charge >= 0.3 is 5.97 Å². The summed E-state index contributed by atoms with van der Waals surface area (Å²) in [7, 11) is 0. The van der Waals surface area contributed by atoms with Crippen molar-refractivity contribution >= 4 is 39.3 Å². The van der Waals surface area contributed by atoms with Crippen molar-refractivity contribution in [2.75, 3.05) is 0 Å². The van der Waals surface area contributed by atoms with Gasteiger partial charge in [0.2, 0.25) is 0 Å². The fourth-order valence-corrected chi connectivity index (χ4v) is 4.50. The van der Waals surface area contributed by atoms with Crippen LogP contribution in [0.1, 0.15) is 17.2 Å². The quantitative estimate of drug-likeness (QED) is 0.699. The Balaban J connectivity index is 1.88. The molecule has 2 aromatic carbocycles. The zero-order chi connectivity index (χ0) is 14.7. The van der Waals surface area contributed by atoms with E-state index in [2.05, 4.69) is 4.98 Å². The van der Waals surface area contributed by atoms with Gasteiger partial charge < -0.3 is 5.11 Å². The molecule has 0 aliphatic rings. The van der Waals surface area contributed by atoms with E-state index in [-0.39, 0.29) is 11.7 Å². The first-order valence-corrected chi connectivity index (χ1v) is 8.21. The molecule has 0 fully saturated rings. The maximum Gasteiger partial charge on any atom is 0.304 e. The number of nitrogens with zero attached hydrogens (tertiary/aromatic N) is 1. The second-order valence-electron chi connectivity index (χ2n) is 4.56. The Morgan fingerprint density at radius 3 is 2.57 bits per heavy atom. The van der Waals surface area contributed by atoms with E-state index in [1.165, 1.54) is 11.8 Å². The lowest BCUT2D eigenvalue weighted by Gasteiger charge is -2.12. The van der Waals surface area contributed by atoms with Crippen molar-refractivity contribution < 1.29 is 9.90 Å². The number of para-hydroxylation sites is 1. The molecule has 0 saturated carbocycles. The maximum atomic E-state index is 11.1. The van der Waals surface area contributed by atoms with Crippen molar-refractivity contribution in [2.24, 2.45) is 0 Å². The second-order valence-corrected chi connectivity index (χ2v) is 7.04. The zero-order valence-corrected chi connectivity index (χ0v) is 12.7. The summed E-state index contributed by atoms with van der Waals surface area (Å²) in [6.45, 7) is 0. The van der Waals surface area contributed by atoms with E-state index in [0.717, 1.165) is 20.1 Å². The normalized spacial score (nSPS) is 12.4. The molecular weight excluding hydrogens is 302 g/mol. The van der Waals surface area contributed by atoms with Crippen LogP contribution in [0, 0.1) is 0 Å². The highest BCUT2D eigenvalue weighted by molar-refractivity contribution is 8.01. The van der Waals surface area contributed by atoms with E-state index in [4.69, 9.17) is 5.11 Å². The highest BCUT2D eigenvalue weighted by Gasteiger charge is 2.18. The Kier molecular flexibility index (Phi) is 4.22. The Hall–Kier alpha value is -1.85. The third-order valence-corrected chi connectivity index (χ3v) is 5.43. The molecule has 0 amide bonds. The molecule has 1 atom stereocenters. The van der Waals surface area contributed by atoms with Gasteiger partial charge in [0.25, 0.3) is 0 Å². The van der Waals surface area contributed by atoms with Crippen LogP contribution in [-0.4, -0.2) is 16.1 Å². The molecule has 21 heavy (non-hydrogen) atoms. The molecule has 0 bridgehead atoms. The van der Waals surface area contributed by atoms with E-state index in [1.54, 1.807) is 11.3 Å². The third kappa shape index (κ3) is 3.43. The van der Waals surface area contributed by atoms with Gasteiger partial charge in [0.1, 0.15) is 0 Å². The SMILES string of the molecule is O=C(O)CC(Sc1nc2ccccc2s1)c1ccccc1. The van der Waals surface area contributed by atoms with Crippen molar-refractivity contribution in [3.63, 3.8) is 0 Å². The van der Waals surface area contributed by atoms with Gasteiger partial charge in [-0.1, -0.05) is 54.2 Å². The lowest BCUT2D eigenvalue weighted by molar-refractivity contribution is -0.137. The monoisotopic (exact) mass is 315 g/mol. The van der Waals surface area contributed by atoms with E-state index >= 15 is 0 Å². The number of rotatable bonds is 5. The van der Waals surface area contributed by atoms with Gasteiger partial charge in [0.15, 0.2) is 4.34 Å². The van der Waals surface area contributed by atoms with Crippen molar-refractivity contribution in [2.45, 2.75) is 16.0 Å². The minimum absolute atomic E-state index is 0.0879. The van der Waals surface area contributed by atoms with Crippen LogP contribution in [-0.2, 0) is 4.79 Å². The van der Waals surface area contributed by atoms with Crippen LogP contribution < -0.4 is 0 Å². The fourth-order valence-electron chi connectivity index (χ4n) is 2.08. The molecule has 1 aromatic heterocycles. The number of fused-ring (bicyclic) bond motifs is 1. The van der Waals surface area contributed by atoms with Crippen LogP contribution in [0.3, 0.4) is 0 Å². The van der Waals surface area contributed by atoms with Crippen molar-refractivity contribution in [3.05, 3.63) is 60.2 Å². The van der Waals surface area contributed by atoms with E-state index < -0.39 is 5.97 Å². The fraction of sp³-hybridized carbons (Fsp3) is 0.125. The van der Waals surface area contributed by atoms with Crippen molar-refractivity contribution in [3.8, 4) is 0 Å². The highest BCUT2D eigenvalue weighted by Crippen LogP contribution is 2.40. The van der Waals surface area contributed by atoms with Crippen LogP contribution in [0.2, 0.25) is 0 Å². The standard InChI is InChI=1S/C16H13NO2S2/c18-15(19)10-14(11-6-2-1-3-7-11)21-16-17-12-8-4-5-9-13(12)20-16/h1-9,14H,10H2,(H,18,19). The van der Waals surface area contributed by atoms with Crippen LogP contribution in [0.25, 0.3) is 10.2 Å². The number of thioether (sulfide) groups is 1. The topological polar surface area (TPSA) is 50.2 Å². The van der Waals surface area contributed by atoms with Crippen LogP contribution >= 0.6 is 23.1 Å². The Bertz CT molecular complexity index is 722. The number of carboxylic acids is 1. The van der Waals surface area contributed by atoms with Gasteiger partial charge in [-0.2, -0.15) is 0 Å². The number of aromatic nitrogens is 1. The lowest BCUT2D eigenvalue weighted by Crippen LogP contribution is -2.03. The molecule has 5 heteroatoms. The predicted octanol–water partition coefficient (Wildman–Crippen LogP) is 4.60. The molecule has 3 rings (SSSR count). The third-order valence-electron chi connectivity index (χ3n) is 3.05. The number of benzene rings is 2. The number of hydrogen-bond acceptors (Lipinski definition) is 4. The first kappa shape index (κ1) is 14.1. The van der Waals surface area contributed by atoms with Crippen LogP contribution in [0.4, 0.5) is 0 Å². The van der Waals surface area contributed by atoms with E-state index in [0.29, 0.717) is 0 Å². The minimum Gasteiger partial charge on any atom is -0.481 e. The summed E-state index contributed by atoms with van der Waals surface area (Å²) < 4.78 is 2.04. The second kappa shape index (κ2) is 6.28. The molecule has 3 nitrogen and oxygen atoms in total. The average molecular weight is 315 g/mol. The highest BCUT2D eigenvalue weighted by atomic mass is 32.2. The van der Waals surface area contributed by atoms with Gasteiger partial charge in [0.05, 0.1) is 16.6 Å². The number of thiazole rings is 1. The first-order valence-electron chi connectivity index (χ1n) is 6.51. The van der Waals surface area contributed by atoms with Gasteiger partial charge in [-0.15, -0.1) is 11.3 Å². The van der Waals surface area contributed by atoms with Crippen molar-refractivity contribution in [1.82, 2.24) is 4.98 Å². The average Bonchev–Trinajstić information content (AvgIpc) is 2.89. The molecule has 0 radical (unpaired) electrons. The van der Waals surface area contributed by atoms with Crippen LogP contribution in [0.15, 0.2) is 58.9 Å². The molecule has 0 aliphatic heterocycles. The molecule has 1 unspecified atom stereocenters. The summed E-state index contributed by atoms with van der Waals surface area (Å²) >= 11 is 3.13. The van der Waals surface area contributed by atoms with Crippen LogP contribution in [0.5, 0.6) is 0 Å². The van der Waals surface area contributed by atoms with Gasteiger partial charge in [-0.25, -0.2) is 4.98 Å². The Morgan fingerprint density at radius 1 is 1.14 bits per heavy atom. The summed E-state index contributed by atoms with van der Waals surface area (Å²) in [5, 5.41) is 9.01. The lowest BCUT2D eigenvalue weighted by atomic mass is 10.1. The maximum absolute atomic E-state index is 11.1. The molecule has 0 saturated heterocycles. The predicted molar refractivity (Wildman–Crippen MR) is 86.9 cm³/mol.